The number of hydrogen-bond donors (Lipinski definition) is 0. The van der Waals surface area contributed by atoms with E-state index in [0.29, 0.717) is 28.7 Å². The van der Waals surface area contributed by atoms with E-state index in [4.69, 9.17) is 36.0 Å². The van der Waals surface area contributed by atoms with Crippen molar-refractivity contribution in [1.29, 1.82) is 0 Å². The van der Waals surface area contributed by atoms with Crippen molar-refractivity contribution >= 4 is 22.5 Å². The van der Waals surface area contributed by atoms with Crippen LogP contribution in [0.25, 0.3) is 10.9 Å². The van der Waals surface area contributed by atoms with Gasteiger partial charge in [0.1, 0.15) is 22.8 Å². The van der Waals surface area contributed by atoms with Crippen molar-refractivity contribution in [2.24, 2.45) is 11.8 Å². The standard InChI is InChI=1S/C35H47ClN4O2/c1-9-22-21-40-18-16-23(22)19-28(40)30(25-15-17-37-27-14-13-24(41-8)20-26(25)27)42-32-29(35(10-2,11-3)12-4)31(36)38-33(39-32)34(5,6)7/h9,13-15,17,20,22-23,28,30H,1,10-12,16,18-19,21H2,2-8H3/t22-,23-,28+,30-/m0/s1. The molecule has 226 valence electrons. The molecular weight excluding hydrogens is 544 g/mol. The molecule has 0 spiro atoms. The predicted molar refractivity (Wildman–Crippen MR) is 172 cm³/mol. The van der Waals surface area contributed by atoms with E-state index in [-0.39, 0.29) is 23.0 Å². The van der Waals surface area contributed by atoms with Crippen LogP contribution in [0.2, 0.25) is 5.15 Å². The van der Waals surface area contributed by atoms with Gasteiger partial charge in [-0.1, -0.05) is 59.2 Å². The molecule has 0 saturated carbocycles. The third-order valence-corrected chi connectivity index (χ3v) is 10.4. The van der Waals surface area contributed by atoms with E-state index in [1.165, 1.54) is 6.42 Å². The van der Waals surface area contributed by atoms with Crippen LogP contribution in [0.1, 0.15) is 96.7 Å². The highest BCUT2D eigenvalue weighted by Gasteiger charge is 2.45. The fourth-order valence-electron chi connectivity index (χ4n) is 7.24. The van der Waals surface area contributed by atoms with E-state index >= 15 is 0 Å². The van der Waals surface area contributed by atoms with Gasteiger partial charge in [0.05, 0.1) is 24.2 Å². The molecule has 0 aliphatic carbocycles. The third kappa shape index (κ3) is 5.53. The summed E-state index contributed by atoms with van der Waals surface area (Å²) < 4.78 is 13.0. The van der Waals surface area contributed by atoms with Gasteiger partial charge < -0.3 is 9.47 Å². The molecule has 3 aliphatic rings. The van der Waals surface area contributed by atoms with Crippen LogP contribution in [-0.2, 0) is 10.8 Å². The molecule has 3 saturated heterocycles. The predicted octanol–water partition coefficient (Wildman–Crippen LogP) is 8.47. The molecule has 1 unspecified atom stereocenters. The number of fused-ring (bicyclic) bond motifs is 4. The first-order valence-corrected chi connectivity index (χ1v) is 16.0. The molecular formula is C35H47ClN4O2. The number of halogens is 1. The Labute approximate surface area is 256 Å². The second kappa shape index (κ2) is 12.1. The van der Waals surface area contributed by atoms with Crippen LogP contribution in [-0.4, -0.2) is 46.1 Å². The minimum absolute atomic E-state index is 0.177. The minimum atomic E-state index is -0.287. The zero-order valence-corrected chi connectivity index (χ0v) is 27.2. The van der Waals surface area contributed by atoms with Crippen LogP contribution in [0.15, 0.2) is 43.1 Å². The number of rotatable bonds is 10. The number of piperidine rings is 3. The minimum Gasteiger partial charge on any atom is -0.497 e. The molecule has 3 aromatic rings. The van der Waals surface area contributed by atoms with Gasteiger partial charge in [-0.15, -0.1) is 6.58 Å². The SMILES string of the molecule is C=C[C@H]1CN2CC[C@H]1C[C@@H]2[C@@H](Oc1nc(C(C)(C)C)nc(Cl)c1C(CC)(CC)CC)c1ccnc2ccc(OC)cc12. The first-order valence-electron chi connectivity index (χ1n) is 15.6. The molecule has 2 bridgehead atoms. The smallest absolute Gasteiger partial charge is 0.222 e. The molecule has 6 nitrogen and oxygen atoms in total. The highest BCUT2D eigenvalue weighted by atomic mass is 35.5. The van der Waals surface area contributed by atoms with E-state index in [1.807, 2.05) is 18.3 Å². The molecule has 5 heterocycles. The van der Waals surface area contributed by atoms with Crippen molar-refractivity contribution in [3.05, 3.63) is 65.2 Å². The van der Waals surface area contributed by atoms with Crippen molar-refractivity contribution < 1.29 is 9.47 Å². The Morgan fingerprint density at radius 1 is 1.12 bits per heavy atom. The Morgan fingerprint density at radius 2 is 1.86 bits per heavy atom. The lowest BCUT2D eigenvalue weighted by molar-refractivity contribution is -0.0375. The monoisotopic (exact) mass is 590 g/mol. The molecule has 6 rings (SSSR count). The fourth-order valence-corrected chi connectivity index (χ4v) is 7.61. The number of pyridine rings is 1. The van der Waals surface area contributed by atoms with Crippen LogP contribution < -0.4 is 9.47 Å². The summed E-state index contributed by atoms with van der Waals surface area (Å²) in [6.07, 6.45) is 8.76. The number of ether oxygens (including phenoxy) is 2. The van der Waals surface area contributed by atoms with Crippen molar-refractivity contribution in [2.75, 3.05) is 20.2 Å². The molecule has 0 amide bonds. The van der Waals surface area contributed by atoms with Crippen LogP contribution in [0, 0.1) is 11.8 Å². The maximum Gasteiger partial charge on any atom is 0.222 e. The van der Waals surface area contributed by atoms with Gasteiger partial charge >= 0.3 is 0 Å². The average Bonchev–Trinajstić information content (AvgIpc) is 3.00. The van der Waals surface area contributed by atoms with E-state index in [0.717, 1.165) is 66.6 Å². The van der Waals surface area contributed by atoms with E-state index in [9.17, 15) is 0 Å². The zero-order chi connectivity index (χ0) is 30.2. The van der Waals surface area contributed by atoms with E-state index in [2.05, 4.69) is 71.2 Å². The topological polar surface area (TPSA) is 60.4 Å². The van der Waals surface area contributed by atoms with Crippen molar-refractivity contribution in [3.8, 4) is 11.6 Å². The summed E-state index contributed by atoms with van der Waals surface area (Å²) in [5, 5.41) is 1.54. The van der Waals surface area contributed by atoms with Gasteiger partial charge in [-0.2, -0.15) is 4.98 Å². The Morgan fingerprint density at radius 3 is 2.45 bits per heavy atom. The lowest BCUT2D eigenvalue weighted by atomic mass is 9.73. The summed E-state index contributed by atoms with van der Waals surface area (Å²) in [4.78, 5) is 17.4. The highest BCUT2D eigenvalue weighted by Crippen LogP contribution is 2.48. The Hall–Kier alpha value is -2.70. The molecule has 42 heavy (non-hydrogen) atoms. The van der Waals surface area contributed by atoms with Crippen LogP contribution in [0.3, 0.4) is 0 Å². The summed E-state index contributed by atoms with van der Waals surface area (Å²) in [5.74, 6) is 3.21. The van der Waals surface area contributed by atoms with Gasteiger partial charge in [0.15, 0.2) is 0 Å². The molecule has 0 radical (unpaired) electrons. The number of hydrogen-bond acceptors (Lipinski definition) is 6. The summed E-state index contributed by atoms with van der Waals surface area (Å²) in [7, 11) is 1.70. The van der Waals surface area contributed by atoms with E-state index < -0.39 is 0 Å². The molecule has 2 aromatic heterocycles. The first kappa shape index (κ1) is 30.7. The molecule has 3 aliphatic heterocycles. The summed E-state index contributed by atoms with van der Waals surface area (Å²) in [6, 6.07) is 8.36. The van der Waals surface area contributed by atoms with Gasteiger partial charge in [0.2, 0.25) is 5.88 Å². The summed E-state index contributed by atoms with van der Waals surface area (Å²) >= 11 is 7.13. The molecule has 5 atom stereocenters. The van der Waals surface area contributed by atoms with Crippen molar-refractivity contribution in [1.82, 2.24) is 19.9 Å². The first-order chi connectivity index (χ1) is 20.1. The normalized spacial score (nSPS) is 23.1. The molecule has 3 fully saturated rings. The number of benzene rings is 1. The maximum absolute atomic E-state index is 7.33. The third-order valence-electron chi connectivity index (χ3n) is 10.1. The quantitative estimate of drug-likeness (QED) is 0.174. The van der Waals surface area contributed by atoms with Gasteiger partial charge in [0, 0.05) is 34.5 Å². The summed E-state index contributed by atoms with van der Waals surface area (Å²) in [5.41, 5.74) is 2.48. The number of aromatic nitrogens is 3. The van der Waals surface area contributed by atoms with Gasteiger partial charge in [-0.05, 0) is 74.8 Å². The van der Waals surface area contributed by atoms with Gasteiger partial charge in [0.25, 0.3) is 0 Å². The molecule has 1 aromatic carbocycles. The second-order valence-corrected chi connectivity index (χ2v) is 13.5. The Balaban J connectivity index is 1.73. The van der Waals surface area contributed by atoms with Crippen molar-refractivity contribution in [2.45, 2.75) is 96.6 Å². The molecule has 7 heteroatoms. The lowest BCUT2D eigenvalue weighted by Crippen LogP contribution is -2.55. The van der Waals surface area contributed by atoms with Crippen LogP contribution >= 0.6 is 11.6 Å². The second-order valence-electron chi connectivity index (χ2n) is 13.2. The largest absolute Gasteiger partial charge is 0.497 e. The number of methoxy groups -OCH3 is 1. The highest BCUT2D eigenvalue weighted by molar-refractivity contribution is 6.30. The van der Waals surface area contributed by atoms with Gasteiger partial charge in [-0.3, -0.25) is 9.88 Å². The number of nitrogens with zero attached hydrogens (tertiary/aromatic N) is 4. The Bertz CT molecular complexity index is 1420. The maximum atomic E-state index is 7.33. The zero-order valence-electron chi connectivity index (χ0n) is 26.4. The summed E-state index contributed by atoms with van der Waals surface area (Å²) in [6.45, 7) is 19.3. The van der Waals surface area contributed by atoms with Crippen LogP contribution in [0.4, 0.5) is 0 Å². The van der Waals surface area contributed by atoms with E-state index in [1.54, 1.807) is 7.11 Å². The van der Waals surface area contributed by atoms with Crippen LogP contribution in [0.5, 0.6) is 11.6 Å². The molecule has 0 N–H and O–H groups in total. The average molecular weight is 591 g/mol. The Kier molecular flexibility index (Phi) is 8.87. The van der Waals surface area contributed by atoms with Gasteiger partial charge in [-0.25, -0.2) is 4.98 Å². The lowest BCUT2D eigenvalue weighted by Gasteiger charge is -2.51. The fraction of sp³-hybridized carbons (Fsp3) is 0.571. The van der Waals surface area contributed by atoms with Crippen molar-refractivity contribution in [3.63, 3.8) is 0 Å².